The molecule has 10 heteroatoms. The first-order chi connectivity index (χ1) is 13.0. The van der Waals surface area contributed by atoms with Gasteiger partial charge in [0.15, 0.2) is 22.5 Å². The van der Waals surface area contributed by atoms with E-state index < -0.39 is 28.7 Å². The van der Waals surface area contributed by atoms with Gasteiger partial charge in [-0.3, -0.25) is 4.99 Å². The first-order valence-electron chi connectivity index (χ1n) is 7.82. The van der Waals surface area contributed by atoms with E-state index in [-0.39, 0.29) is 23.1 Å². The Labute approximate surface area is 171 Å². The zero-order chi connectivity index (χ0) is 19.6. The second-order valence-corrected chi connectivity index (χ2v) is 7.19. The molecule has 27 heavy (non-hydrogen) atoms. The molecule has 1 atom stereocenters. The lowest BCUT2D eigenvalue weighted by atomic mass is 9.95. The predicted octanol–water partition coefficient (Wildman–Crippen LogP) is 4.38. The summed E-state index contributed by atoms with van der Waals surface area (Å²) in [5.74, 6) is -2.49. The van der Waals surface area contributed by atoms with Gasteiger partial charge in [-0.25, -0.2) is 18.6 Å². The number of alkyl halides is 1. The summed E-state index contributed by atoms with van der Waals surface area (Å²) in [5, 5.41) is 5.27. The van der Waals surface area contributed by atoms with E-state index in [1.54, 1.807) is 18.5 Å². The van der Waals surface area contributed by atoms with Crippen LogP contribution in [0, 0.1) is 11.6 Å². The molecular formula is C17H13BrClF2N3O2S. The van der Waals surface area contributed by atoms with Crippen LogP contribution in [0.1, 0.15) is 23.5 Å². The summed E-state index contributed by atoms with van der Waals surface area (Å²) in [6.45, 7) is 1.82. The van der Waals surface area contributed by atoms with E-state index in [0.717, 1.165) is 6.07 Å². The van der Waals surface area contributed by atoms with Crippen LogP contribution in [0.4, 0.5) is 8.78 Å². The minimum atomic E-state index is -1.19. The lowest BCUT2D eigenvalue weighted by molar-refractivity contribution is -0.138. The number of rotatable bonds is 5. The number of hydrogen-bond donors (Lipinski definition) is 1. The van der Waals surface area contributed by atoms with Crippen molar-refractivity contribution in [2.45, 2.75) is 13.0 Å². The topological polar surface area (TPSA) is 63.6 Å². The molecule has 2 heterocycles. The molecule has 3 rings (SSSR count). The van der Waals surface area contributed by atoms with Gasteiger partial charge in [-0.05, 0) is 13.0 Å². The van der Waals surface area contributed by atoms with Crippen LogP contribution >= 0.6 is 38.9 Å². The maximum Gasteiger partial charge on any atom is 0.338 e. The largest absolute Gasteiger partial charge is 0.463 e. The van der Waals surface area contributed by atoms with Crippen LogP contribution < -0.4 is 5.32 Å². The molecule has 1 aromatic carbocycles. The van der Waals surface area contributed by atoms with Gasteiger partial charge in [0.1, 0.15) is 6.04 Å². The van der Waals surface area contributed by atoms with Crippen molar-refractivity contribution in [1.29, 1.82) is 0 Å². The van der Waals surface area contributed by atoms with Crippen molar-refractivity contribution < 1.29 is 18.3 Å². The SMILES string of the molecule is CCOC(=O)C1=C(CBr)NC(c2nccs2)=NC1c1ccc(F)c(F)c1Cl. The fraction of sp³-hybridized carbons (Fsp3) is 0.235. The van der Waals surface area contributed by atoms with Gasteiger partial charge in [0.2, 0.25) is 0 Å². The first-order valence-corrected chi connectivity index (χ1v) is 10.2. The number of carbonyl (C=O) groups is 1. The van der Waals surface area contributed by atoms with Crippen LogP contribution in [0.5, 0.6) is 0 Å². The second-order valence-electron chi connectivity index (χ2n) is 5.35. The van der Waals surface area contributed by atoms with Crippen LogP contribution in [0.15, 0.2) is 40.0 Å². The van der Waals surface area contributed by atoms with E-state index in [4.69, 9.17) is 16.3 Å². The molecule has 0 saturated carbocycles. The average molecular weight is 477 g/mol. The lowest BCUT2D eigenvalue weighted by Crippen LogP contribution is -2.34. The van der Waals surface area contributed by atoms with Crippen molar-refractivity contribution >= 4 is 50.7 Å². The third-order valence-corrected chi connectivity index (χ3v) is 5.47. The molecule has 0 aliphatic carbocycles. The normalized spacial score (nSPS) is 16.8. The molecule has 5 nitrogen and oxygen atoms in total. The highest BCUT2D eigenvalue weighted by Gasteiger charge is 2.34. The Morgan fingerprint density at radius 3 is 2.85 bits per heavy atom. The number of allylic oxidation sites excluding steroid dienone is 1. The van der Waals surface area contributed by atoms with Crippen molar-refractivity contribution in [3.8, 4) is 0 Å². The molecular weight excluding hydrogens is 464 g/mol. The second kappa shape index (κ2) is 8.45. The molecule has 0 radical (unpaired) electrons. The van der Waals surface area contributed by atoms with E-state index in [1.807, 2.05) is 0 Å². The van der Waals surface area contributed by atoms with Crippen molar-refractivity contribution in [3.05, 3.63) is 62.2 Å². The van der Waals surface area contributed by atoms with Gasteiger partial charge in [0.25, 0.3) is 0 Å². The minimum absolute atomic E-state index is 0.152. The van der Waals surface area contributed by atoms with Gasteiger partial charge >= 0.3 is 5.97 Å². The Morgan fingerprint density at radius 1 is 1.44 bits per heavy atom. The highest BCUT2D eigenvalue weighted by molar-refractivity contribution is 9.09. The number of aromatic nitrogens is 1. The number of benzene rings is 1. The van der Waals surface area contributed by atoms with Crippen LogP contribution in [-0.4, -0.2) is 28.7 Å². The molecule has 1 unspecified atom stereocenters. The maximum absolute atomic E-state index is 14.0. The Bertz CT molecular complexity index is 935. The molecule has 0 bridgehead atoms. The molecule has 1 aromatic heterocycles. The molecule has 1 aliphatic heterocycles. The van der Waals surface area contributed by atoms with Crippen molar-refractivity contribution in [1.82, 2.24) is 10.3 Å². The molecule has 0 amide bonds. The summed E-state index contributed by atoms with van der Waals surface area (Å²) in [4.78, 5) is 21.3. The van der Waals surface area contributed by atoms with E-state index >= 15 is 0 Å². The molecule has 0 fully saturated rings. The zero-order valence-corrected chi connectivity index (χ0v) is 17.1. The number of aliphatic imine (C=N–C) groups is 1. The standard InChI is InChI=1S/C17H13BrClF2N3O2S/c1-2-26-17(25)11-10(7-18)23-15(16-22-5-6-27-16)24-14(11)8-3-4-9(20)13(21)12(8)19/h3-6,14H,2,7H2,1H3,(H,23,24). The first kappa shape index (κ1) is 19.9. The van der Waals surface area contributed by atoms with Gasteiger partial charge in [-0.2, -0.15) is 0 Å². The fourth-order valence-corrected chi connectivity index (χ4v) is 3.86. The number of halogens is 4. The Morgan fingerprint density at radius 2 is 2.22 bits per heavy atom. The van der Waals surface area contributed by atoms with Crippen molar-refractivity contribution in [2.24, 2.45) is 4.99 Å². The maximum atomic E-state index is 14.0. The van der Waals surface area contributed by atoms with Crippen LogP contribution in [0.3, 0.4) is 0 Å². The van der Waals surface area contributed by atoms with Gasteiger partial charge in [0.05, 0.1) is 17.2 Å². The number of nitrogens with one attached hydrogen (secondary N) is 1. The quantitative estimate of drug-likeness (QED) is 0.395. The van der Waals surface area contributed by atoms with Gasteiger partial charge in [-0.1, -0.05) is 33.6 Å². The number of thiazole rings is 1. The average Bonchev–Trinajstić information content (AvgIpc) is 3.20. The lowest BCUT2D eigenvalue weighted by Gasteiger charge is -2.26. The van der Waals surface area contributed by atoms with Crippen LogP contribution in [0.25, 0.3) is 0 Å². The van der Waals surface area contributed by atoms with Crippen LogP contribution in [-0.2, 0) is 9.53 Å². The number of hydrogen-bond acceptors (Lipinski definition) is 6. The summed E-state index contributed by atoms with van der Waals surface area (Å²) >= 11 is 10.7. The number of esters is 1. The van der Waals surface area contributed by atoms with Crippen molar-refractivity contribution in [3.63, 3.8) is 0 Å². The van der Waals surface area contributed by atoms with Crippen molar-refractivity contribution in [2.75, 3.05) is 11.9 Å². The Balaban J connectivity index is 2.19. The summed E-state index contributed by atoms with van der Waals surface area (Å²) in [6.07, 6.45) is 1.61. The fourth-order valence-electron chi connectivity index (χ4n) is 2.58. The number of carbonyl (C=O) groups excluding carboxylic acids is 1. The Kier molecular flexibility index (Phi) is 6.23. The van der Waals surface area contributed by atoms with Gasteiger partial charge < -0.3 is 10.1 Å². The minimum Gasteiger partial charge on any atom is -0.463 e. The highest BCUT2D eigenvalue weighted by atomic mass is 79.9. The zero-order valence-electron chi connectivity index (χ0n) is 13.9. The smallest absolute Gasteiger partial charge is 0.338 e. The third kappa shape index (κ3) is 3.90. The summed E-state index contributed by atoms with van der Waals surface area (Å²) < 4.78 is 32.7. The number of nitrogens with zero attached hydrogens (tertiary/aromatic N) is 2. The monoisotopic (exact) mass is 475 g/mol. The Hall–Kier alpha value is -1.84. The van der Waals surface area contributed by atoms with E-state index in [9.17, 15) is 13.6 Å². The van der Waals surface area contributed by atoms with E-state index in [2.05, 4.69) is 31.2 Å². The summed E-state index contributed by atoms with van der Waals surface area (Å²) in [7, 11) is 0. The van der Waals surface area contributed by atoms with Gasteiger partial charge in [0, 0.05) is 28.2 Å². The number of ether oxygens (including phenoxy) is 1. The molecule has 1 N–H and O–H groups in total. The van der Waals surface area contributed by atoms with Crippen LogP contribution in [0.2, 0.25) is 5.02 Å². The van der Waals surface area contributed by atoms with E-state index in [0.29, 0.717) is 16.5 Å². The number of amidine groups is 1. The predicted molar refractivity (Wildman–Crippen MR) is 103 cm³/mol. The molecule has 0 spiro atoms. The highest BCUT2D eigenvalue weighted by Crippen LogP contribution is 2.38. The van der Waals surface area contributed by atoms with Gasteiger partial charge in [-0.15, -0.1) is 11.3 Å². The summed E-state index contributed by atoms with van der Waals surface area (Å²) in [6, 6.07) is 1.29. The molecule has 1 aliphatic rings. The summed E-state index contributed by atoms with van der Waals surface area (Å²) in [5.41, 5.74) is 0.814. The molecule has 0 saturated heterocycles. The third-order valence-electron chi connectivity index (χ3n) is 3.75. The molecule has 142 valence electrons. The van der Waals surface area contributed by atoms with E-state index in [1.165, 1.54) is 17.4 Å². The molecule has 2 aromatic rings.